The van der Waals surface area contributed by atoms with Crippen LogP contribution >= 0.6 is 0 Å². The molecule has 0 radical (unpaired) electrons. The van der Waals surface area contributed by atoms with Crippen molar-refractivity contribution in [3.05, 3.63) is 35.9 Å². The van der Waals surface area contributed by atoms with Crippen molar-refractivity contribution in [3.63, 3.8) is 0 Å². The number of methoxy groups -OCH3 is 1. The minimum atomic E-state index is -3.57. The average molecular weight is 331 g/mol. The molecule has 22 heavy (non-hydrogen) atoms. The van der Waals surface area contributed by atoms with Gasteiger partial charge in [-0.2, -0.15) is 8.42 Å². The molecule has 0 saturated heterocycles. The Kier molecular flexibility index (Phi) is 7.86. The van der Waals surface area contributed by atoms with Gasteiger partial charge >= 0.3 is 6.09 Å². The summed E-state index contributed by atoms with van der Waals surface area (Å²) in [6.07, 6.45) is 0.725. The molecule has 1 N–H and O–H groups in total. The monoisotopic (exact) mass is 331 g/mol. The molecule has 0 fully saturated rings. The highest BCUT2D eigenvalue weighted by Crippen LogP contribution is 2.02. The van der Waals surface area contributed by atoms with Crippen molar-refractivity contribution in [2.24, 2.45) is 0 Å². The summed E-state index contributed by atoms with van der Waals surface area (Å²) in [6, 6.07) is 8.71. The number of hydrogen-bond donors (Lipinski definition) is 1. The summed E-state index contributed by atoms with van der Waals surface area (Å²) in [5, 5.41) is 2.56. The first-order valence-corrected chi connectivity index (χ1v) is 8.53. The maximum absolute atomic E-state index is 11.7. The molecule has 0 bridgehead atoms. The van der Waals surface area contributed by atoms with E-state index in [0.29, 0.717) is 13.0 Å². The molecule has 0 aliphatic carbocycles. The van der Waals surface area contributed by atoms with Gasteiger partial charge < -0.3 is 14.8 Å². The fraction of sp³-hybridized carbons (Fsp3) is 0.500. The Morgan fingerprint density at radius 2 is 1.95 bits per heavy atom. The third-order valence-corrected chi connectivity index (χ3v) is 3.25. The van der Waals surface area contributed by atoms with Gasteiger partial charge in [0.2, 0.25) is 0 Å². The molecule has 0 heterocycles. The quantitative estimate of drug-likeness (QED) is 0.686. The summed E-state index contributed by atoms with van der Waals surface area (Å²) in [6.45, 7) is 0.329. The molecular formula is C14H21NO6S. The maximum atomic E-state index is 11.7. The van der Waals surface area contributed by atoms with Crippen molar-refractivity contribution in [1.29, 1.82) is 0 Å². The molecule has 7 nitrogen and oxygen atoms in total. The van der Waals surface area contributed by atoms with Gasteiger partial charge in [0.1, 0.15) is 6.61 Å². The number of carbonyl (C=O) groups is 1. The summed E-state index contributed by atoms with van der Waals surface area (Å²) >= 11 is 0. The second-order valence-electron chi connectivity index (χ2n) is 4.67. The van der Waals surface area contributed by atoms with Gasteiger partial charge in [-0.25, -0.2) is 4.79 Å². The van der Waals surface area contributed by atoms with Gasteiger partial charge in [-0.3, -0.25) is 4.18 Å². The van der Waals surface area contributed by atoms with Crippen LogP contribution in [-0.4, -0.2) is 47.1 Å². The van der Waals surface area contributed by atoms with Crippen LogP contribution in [0.25, 0.3) is 0 Å². The van der Waals surface area contributed by atoms with Crippen LogP contribution in [0.15, 0.2) is 30.3 Å². The lowest BCUT2D eigenvalue weighted by atomic mass is 10.2. The maximum Gasteiger partial charge on any atom is 0.407 e. The zero-order valence-electron chi connectivity index (χ0n) is 12.7. The Morgan fingerprint density at radius 3 is 2.55 bits per heavy atom. The Balaban J connectivity index is 2.43. The van der Waals surface area contributed by atoms with Crippen LogP contribution in [0.4, 0.5) is 4.79 Å². The molecule has 1 rings (SSSR count). The number of rotatable bonds is 9. The second-order valence-corrected chi connectivity index (χ2v) is 6.32. The third-order valence-electron chi connectivity index (χ3n) is 2.69. The van der Waals surface area contributed by atoms with Gasteiger partial charge in [0.15, 0.2) is 0 Å². The molecular weight excluding hydrogens is 310 g/mol. The van der Waals surface area contributed by atoms with E-state index in [4.69, 9.17) is 13.7 Å². The number of hydrogen-bond acceptors (Lipinski definition) is 6. The van der Waals surface area contributed by atoms with Crippen molar-refractivity contribution in [2.45, 2.75) is 19.1 Å². The highest BCUT2D eigenvalue weighted by molar-refractivity contribution is 7.85. The molecule has 124 valence electrons. The molecule has 0 unspecified atom stereocenters. The smallest absolute Gasteiger partial charge is 0.407 e. The number of ether oxygens (including phenoxy) is 2. The number of amides is 1. The van der Waals surface area contributed by atoms with Crippen molar-refractivity contribution in [1.82, 2.24) is 5.32 Å². The Labute approximate surface area is 130 Å². The van der Waals surface area contributed by atoms with E-state index >= 15 is 0 Å². The van der Waals surface area contributed by atoms with E-state index in [1.165, 1.54) is 7.11 Å². The van der Waals surface area contributed by atoms with Crippen LogP contribution in [0.2, 0.25) is 0 Å². The summed E-state index contributed by atoms with van der Waals surface area (Å²) in [5.74, 6) is 0. The molecule has 0 aliphatic heterocycles. The van der Waals surface area contributed by atoms with Gasteiger partial charge in [0, 0.05) is 13.7 Å². The molecule has 0 spiro atoms. The van der Waals surface area contributed by atoms with Gasteiger partial charge in [-0.15, -0.1) is 0 Å². The normalized spacial score (nSPS) is 12.6. The largest absolute Gasteiger partial charge is 0.445 e. The van der Waals surface area contributed by atoms with E-state index in [-0.39, 0.29) is 13.2 Å². The fourth-order valence-corrected chi connectivity index (χ4v) is 2.01. The van der Waals surface area contributed by atoms with Crippen LogP contribution in [0.1, 0.15) is 12.0 Å². The van der Waals surface area contributed by atoms with Crippen LogP contribution in [0.3, 0.4) is 0 Å². The number of benzene rings is 1. The molecule has 1 atom stereocenters. The van der Waals surface area contributed by atoms with Gasteiger partial charge in [0.05, 0.1) is 18.9 Å². The highest BCUT2D eigenvalue weighted by Gasteiger charge is 2.16. The Bertz CT molecular complexity index is 546. The predicted octanol–water partition coefficient (Wildman–Crippen LogP) is 1.29. The molecule has 1 amide bonds. The topological polar surface area (TPSA) is 90.9 Å². The fourth-order valence-electron chi connectivity index (χ4n) is 1.59. The van der Waals surface area contributed by atoms with Crippen LogP contribution in [-0.2, 0) is 30.4 Å². The van der Waals surface area contributed by atoms with Gasteiger partial charge in [-0.1, -0.05) is 30.3 Å². The van der Waals surface area contributed by atoms with E-state index in [1.54, 1.807) is 0 Å². The van der Waals surface area contributed by atoms with E-state index in [0.717, 1.165) is 11.8 Å². The Morgan fingerprint density at radius 1 is 1.27 bits per heavy atom. The predicted molar refractivity (Wildman–Crippen MR) is 80.8 cm³/mol. The van der Waals surface area contributed by atoms with Crippen LogP contribution < -0.4 is 5.32 Å². The third kappa shape index (κ3) is 8.60. The van der Waals surface area contributed by atoms with Crippen LogP contribution in [0, 0.1) is 0 Å². The first-order chi connectivity index (χ1) is 10.4. The van der Waals surface area contributed by atoms with Crippen molar-refractivity contribution >= 4 is 16.2 Å². The first kappa shape index (κ1) is 18.4. The summed E-state index contributed by atoms with van der Waals surface area (Å²) in [4.78, 5) is 11.7. The standard InChI is InChI=1S/C14H21NO6S/c1-19-9-8-13(11-21-22(2,17)18)15-14(16)20-10-12-6-4-3-5-7-12/h3-7,13H,8-11H2,1-2H3,(H,15,16)/t13-/m1/s1. The molecule has 0 aromatic heterocycles. The van der Waals surface area contributed by atoms with Gasteiger partial charge in [-0.05, 0) is 12.0 Å². The van der Waals surface area contributed by atoms with E-state index < -0.39 is 22.3 Å². The number of alkyl carbamates (subject to hydrolysis) is 1. The summed E-state index contributed by atoms with van der Waals surface area (Å²) < 4.78 is 36.7. The lowest BCUT2D eigenvalue weighted by molar-refractivity contribution is 0.123. The minimum Gasteiger partial charge on any atom is -0.445 e. The number of carbonyl (C=O) groups excluding carboxylic acids is 1. The van der Waals surface area contributed by atoms with Crippen LogP contribution in [0.5, 0.6) is 0 Å². The first-order valence-electron chi connectivity index (χ1n) is 6.71. The summed E-state index contributed by atoms with van der Waals surface area (Å²) in [5.41, 5.74) is 0.860. The summed E-state index contributed by atoms with van der Waals surface area (Å²) in [7, 11) is -2.05. The van der Waals surface area contributed by atoms with Crippen molar-refractivity contribution in [2.75, 3.05) is 26.6 Å². The number of nitrogens with one attached hydrogen (secondary N) is 1. The van der Waals surface area contributed by atoms with Crippen molar-refractivity contribution in [3.8, 4) is 0 Å². The average Bonchev–Trinajstić information content (AvgIpc) is 2.48. The molecule has 0 aliphatic rings. The lowest BCUT2D eigenvalue weighted by Crippen LogP contribution is -2.39. The SMILES string of the molecule is COCC[C@H](COS(C)(=O)=O)NC(=O)OCc1ccccc1. The van der Waals surface area contributed by atoms with Gasteiger partial charge in [0.25, 0.3) is 10.1 Å². The van der Waals surface area contributed by atoms with Crippen molar-refractivity contribution < 1.29 is 26.9 Å². The second kappa shape index (κ2) is 9.39. The van der Waals surface area contributed by atoms with E-state index in [2.05, 4.69) is 5.32 Å². The zero-order valence-corrected chi connectivity index (χ0v) is 13.5. The Hall–Kier alpha value is -1.64. The minimum absolute atomic E-state index is 0.136. The van der Waals surface area contributed by atoms with E-state index in [1.807, 2.05) is 30.3 Å². The zero-order chi connectivity index (χ0) is 16.4. The molecule has 1 aromatic carbocycles. The molecule has 8 heteroatoms. The molecule has 0 saturated carbocycles. The lowest BCUT2D eigenvalue weighted by Gasteiger charge is -2.17. The highest BCUT2D eigenvalue weighted by atomic mass is 32.2. The van der Waals surface area contributed by atoms with E-state index in [9.17, 15) is 13.2 Å². The molecule has 1 aromatic rings.